The maximum Gasteiger partial charge on any atom is 1.00 e. The van der Waals surface area contributed by atoms with Crippen molar-refractivity contribution in [1.82, 2.24) is 0 Å². The molecule has 0 aliphatic carbocycles. The van der Waals surface area contributed by atoms with E-state index in [0.717, 1.165) is 11.3 Å². The van der Waals surface area contributed by atoms with Crippen LogP contribution in [0.15, 0.2) is 10.8 Å². The van der Waals surface area contributed by atoms with E-state index in [1.165, 1.54) is 10.8 Å². The van der Waals surface area contributed by atoms with Gasteiger partial charge in [0.2, 0.25) is 0 Å². The molecule has 13 heavy (non-hydrogen) atoms. The Balaban J connectivity index is 0. The average molecular weight is 184 g/mol. The monoisotopic (exact) mass is 184 g/mol. The molecule has 1 heterocycles. The molecule has 0 radical (unpaired) electrons. The summed E-state index contributed by atoms with van der Waals surface area (Å²) < 4.78 is 0. The van der Waals surface area contributed by atoms with Crippen LogP contribution in [-0.2, 0) is 0 Å². The number of hydrogen-bond donors (Lipinski definition) is 0. The third kappa shape index (κ3) is 3.60. The van der Waals surface area contributed by atoms with Crippen LogP contribution < -0.4 is 47.9 Å². The molecule has 0 bridgehead atoms. The second-order valence-corrected chi connectivity index (χ2v) is 2.52. The Bertz CT molecular complexity index is 281. The Kier molecular flexibility index (Phi) is 7.44. The van der Waals surface area contributed by atoms with Crippen LogP contribution >= 0.6 is 11.3 Å². The number of aromatic carboxylic acids is 2. The third-order valence-corrected chi connectivity index (χ3v) is 1.85. The van der Waals surface area contributed by atoms with Crippen molar-refractivity contribution in [2.75, 3.05) is 0 Å². The Morgan fingerprint density at radius 2 is 1.31 bits per heavy atom. The van der Waals surface area contributed by atoms with Crippen molar-refractivity contribution >= 4 is 23.3 Å². The van der Waals surface area contributed by atoms with Crippen molar-refractivity contribution in [1.29, 1.82) is 0 Å². The molecule has 0 unspecified atom stereocenters. The standard InChI is InChI=1S/C6H4O4S.2Li/c7-5(8)3-1-11-2-4(3)6(9)10;;/h1-2H,(H,7,8)(H,9,10);;/q;2*+1/p-2. The van der Waals surface area contributed by atoms with Gasteiger partial charge in [-0.1, -0.05) is 0 Å². The summed E-state index contributed by atoms with van der Waals surface area (Å²) in [6.07, 6.45) is 0. The van der Waals surface area contributed by atoms with Crippen LogP contribution in [0.2, 0.25) is 0 Å². The van der Waals surface area contributed by atoms with Crippen LogP contribution in [0.1, 0.15) is 20.7 Å². The fourth-order valence-corrected chi connectivity index (χ4v) is 1.40. The largest absolute Gasteiger partial charge is 1.00 e. The van der Waals surface area contributed by atoms with Gasteiger partial charge in [0.05, 0.1) is 11.9 Å². The van der Waals surface area contributed by atoms with Crippen molar-refractivity contribution in [2.24, 2.45) is 0 Å². The normalized spacial score (nSPS) is 8.00. The van der Waals surface area contributed by atoms with E-state index in [0.29, 0.717) is 0 Å². The number of thiophene rings is 1. The summed E-state index contributed by atoms with van der Waals surface area (Å²) in [4.78, 5) is 20.4. The van der Waals surface area contributed by atoms with Gasteiger partial charge in [0.25, 0.3) is 0 Å². The summed E-state index contributed by atoms with van der Waals surface area (Å²) in [5, 5.41) is 22.8. The van der Waals surface area contributed by atoms with E-state index in [2.05, 4.69) is 0 Å². The molecule has 0 N–H and O–H groups in total. The van der Waals surface area contributed by atoms with Crippen molar-refractivity contribution in [3.05, 3.63) is 21.9 Å². The van der Waals surface area contributed by atoms with Crippen molar-refractivity contribution in [3.8, 4) is 0 Å². The van der Waals surface area contributed by atoms with Gasteiger partial charge in [0.1, 0.15) is 0 Å². The van der Waals surface area contributed by atoms with Crippen molar-refractivity contribution in [3.63, 3.8) is 0 Å². The van der Waals surface area contributed by atoms with E-state index >= 15 is 0 Å². The number of hydrogen-bond acceptors (Lipinski definition) is 5. The van der Waals surface area contributed by atoms with Crippen LogP contribution in [0.25, 0.3) is 0 Å². The zero-order chi connectivity index (χ0) is 8.43. The molecule has 58 valence electrons. The Labute approximate surface area is 102 Å². The van der Waals surface area contributed by atoms with E-state index in [9.17, 15) is 19.8 Å². The van der Waals surface area contributed by atoms with Crippen LogP contribution in [0.4, 0.5) is 0 Å². The minimum Gasteiger partial charge on any atom is -0.545 e. The first-order chi connectivity index (χ1) is 5.13. The van der Waals surface area contributed by atoms with Gasteiger partial charge in [-0.05, 0) is 0 Å². The first-order valence-corrected chi connectivity index (χ1v) is 3.56. The van der Waals surface area contributed by atoms with E-state index in [-0.39, 0.29) is 48.8 Å². The van der Waals surface area contributed by atoms with Gasteiger partial charge in [-0.3, -0.25) is 0 Å². The zero-order valence-corrected chi connectivity index (χ0v) is 8.01. The number of carbonyl (C=O) groups excluding carboxylic acids is 2. The number of carbonyl (C=O) groups is 2. The Hall–Kier alpha value is -0.165. The van der Waals surface area contributed by atoms with E-state index < -0.39 is 11.9 Å². The average Bonchev–Trinajstić information content (AvgIpc) is 2.32. The summed E-state index contributed by atoms with van der Waals surface area (Å²) in [5.41, 5.74) is -0.648. The minimum atomic E-state index is -1.49. The van der Waals surface area contributed by atoms with Crippen LogP contribution in [0, 0.1) is 0 Å². The molecule has 1 aromatic heterocycles. The third-order valence-electron chi connectivity index (χ3n) is 1.10. The maximum atomic E-state index is 10.2. The molecule has 0 fully saturated rings. The van der Waals surface area contributed by atoms with Crippen molar-refractivity contribution < 1.29 is 57.5 Å². The molecule has 0 spiro atoms. The van der Waals surface area contributed by atoms with Gasteiger partial charge in [-0.2, -0.15) is 11.3 Å². The van der Waals surface area contributed by atoms with Gasteiger partial charge >= 0.3 is 37.7 Å². The Morgan fingerprint density at radius 3 is 1.54 bits per heavy atom. The summed E-state index contributed by atoms with van der Waals surface area (Å²) in [7, 11) is 0. The predicted octanol–water partition coefficient (Wildman–Crippen LogP) is -7.52. The maximum absolute atomic E-state index is 10.2. The molecule has 0 aliphatic rings. The van der Waals surface area contributed by atoms with Gasteiger partial charge in [0, 0.05) is 21.9 Å². The SMILES string of the molecule is O=C([O-])c1cscc1C(=O)[O-].[Li+].[Li+]. The second-order valence-electron chi connectivity index (χ2n) is 1.77. The number of carboxylic acids is 2. The quantitative estimate of drug-likeness (QED) is 0.427. The van der Waals surface area contributed by atoms with Gasteiger partial charge in [0.15, 0.2) is 0 Å². The van der Waals surface area contributed by atoms with Crippen LogP contribution in [-0.4, -0.2) is 11.9 Å². The predicted molar refractivity (Wildman–Crippen MR) is 33.0 cm³/mol. The van der Waals surface area contributed by atoms with Crippen molar-refractivity contribution in [2.45, 2.75) is 0 Å². The van der Waals surface area contributed by atoms with Gasteiger partial charge in [-0.25, -0.2) is 0 Å². The molecule has 0 aliphatic heterocycles. The first kappa shape index (κ1) is 15.3. The van der Waals surface area contributed by atoms with E-state index in [1.807, 2.05) is 0 Å². The molecule has 1 rings (SSSR count). The minimum absolute atomic E-state index is 0. The summed E-state index contributed by atoms with van der Waals surface area (Å²) in [6.45, 7) is 0. The first-order valence-electron chi connectivity index (χ1n) is 2.62. The molecule has 7 heteroatoms. The molecule has 1 aromatic rings. The molecular formula is C6H2Li2O4S. The molecule has 0 saturated heterocycles. The van der Waals surface area contributed by atoms with Crippen LogP contribution in [0.5, 0.6) is 0 Å². The zero-order valence-electron chi connectivity index (χ0n) is 7.20. The summed E-state index contributed by atoms with van der Waals surface area (Å²) in [5.74, 6) is -2.99. The summed E-state index contributed by atoms with van der Waals surface area (Å²) in [6, 6.07) is 0. The molecule has 0 aromatic carbocycles. The molecular weight excluding hydrogens is 182 g/mol. The van der Waals surface area contributed by atoms with Gasteiger partial charge in [-0.15, -0.1) is 0 Å². The second kappa shape index (κ2) is 6.31. The smallest absolute Gasteiger partial charge is 0.545 e. The summed E-state index contributed by atoms with van der Waals surface area (Å²) >= 11 is 0.981. The molecule has 4 nitrogen and oxygen atoms in total. The van der Waals surface area contributed by atoms with Crippen LogP contribution in [0.3, 0.4) is 0 Å². The number of carboxylic acid groups (broad SMARTS) is 2. The van der Waals surface area contributed by atoms with E-state index in [4.69, 9.17) is 0 Å². The molecule has 0 atom stereocenters. The fourth-order valence-electron chi connectivity index (χ4n) is 0.613. The fraction of sp³-hybridized carbons (Fsp3) is 0. The van der Waals surface area contributed by atoms with E-state index in [1.54, 1.807) is 0 Å². The molecule has 0 saturated carbocycles. The Morgan fingerprint density at radius 1 is 1.00 bits per heavy atom. The number of rotatable bonds is 2. The topological polar surface area (TPSA) is 80.3 Å². The molecule has 0 amide bonds. The van der Waals surface area contributed by atoms with Gasteiger partial charge < -0.3 is 19.8 Å².